The van der Waals surface area contributed by atoms with Gasteiger partial charge in [0.25, 0.3) is 0 Å². The number of hydrogen-bond donors (Lipinski definition) is 1. The number of hydrogen-bond acceptors (Lipinski definition) is 3. The molecule has 0 saturated carbocycles. The molecular formula is C14H25NO3. The second-order valence-corrected chi connectivity index (χ2v) is 5.99. The van der Waals surface area contributed by atoms with Gasteiger partial charge in [0.15, 0.2) is 0 Å². The number of rotatable bonds is 5. The third-order valence-electron chi connectivity index (χ3n) is 4.70. The Morgan fingerprint density at radius 1 is 1.50 bits per heavy atom. The SMILES string of the molecule is CC[C@@]1(CO)C[C@@H]2CC[C@H]1N2C(=O)COC(C)C. The van der Waals surface area contributed by atoms with Gasteiger partial charge < -0.3 is 14.7 Å². The van der Waals surface area contributed by atoms with E-state index in [9.17, 15) is 9.90 Å². The molecule has 2 bridgehead atoms. The van der Waals surface area contributed by atoms with Crippen LogP contribution in [0.2, 0.25) is 0 Å². The molecule has 3 atom stereocenters. The summed E-state index contributed by atoms with van der Waals surface area (Å²) in [6.07, 6.45) is 4.10. The molecule has 104 valence electrons. The molecule has 0 radical (unpaired) electrons. The van der Waals surface area contributed by atoms with Crippen LogP contribution < -0.4 is 0 Å². The van der Waals surface area contributed by atoms with E-state index < -0.39 is 0 Å². The van der Waals surface area contributed by atoms with E-state index in [2.05, 4.69) is 6.92 Å². The van der Waals surface area contributed by atoms with Crippen molar-refractivity contribution in [2.75, 3.05) is 13.2 Å². The number of carbonyl (C=O) groups excluding carboxylic acids is 1. The Balaban J connectivity index is 2.05. The molecule has 0 aromatic rings. The maximum absolute atomic E-state index is 12.2. The average Bonchev–Trinajstić information content (AvgIpc) is 2.91. The van der Waals surface area contributed by atoms with Crippen LogP contribution in [-0.2, 0) is 9.53 Å². The summed E-state index contributed by atoms with van der Waals surface area (Å²) in [7, 11) is 0. The van der Waals surface area contributed by atoms with E-state index in [4.69, 9.17) is 4.74 Å². The number of fused-ring (bicyclic) bond motifs is 2. The quantitative estimate of drug-likeness (QED) is 0.811. The lowest BCUT2D eigenvalue weighted by Gasteiger charge is -2.34. The molecule has 1 amide bonds. The van der Waals surface area contributed by atoms with Crippen molar-refractivity contribution < 1.29 is 14.6 Å². The van der Waals surface area contributed by atoms with Gasteiger partial charge in [-0.1, -0.05) is 6.92 Å². The van der Waals surface area contributed by atoms with Crippen molar-refractivity contribution in [2.45, 2.75) is 64.6 Å². The van der Waals surface area contributed by atoms with Crippen molar-refractivity contribution in [3.63, 3.8) is 0 Å². The largest absolute Gasteiger partial charge is 0.396 e. The fourth-order valence-corrected chi connectivity index (χ4v) is 3.64. The minimum Gasteiger partial charge on any atom is -0.396 e. The average molecular weight is 255 g/mol. The summed E-state index contributed by atoms with van der Waals surface area (Å²) >= 11 is 0. The predicted molar refractivity (Wildman–Crippen MR) is 69.2 cm³/mol. The van der Waals surface area contributed by atoms with Crippen molar-refractivity contribution in [1.29, 1.82) is 0 Å². The van der Waals surface area contributed by atoms with E-state index in [1.165, 1.54) is 0 Å². The summed E-state index contributed by atoms with van der Waals surface area (Å²) < 4.78 is 5.42. The molecule has 18 heavy (non-hydrogen) atoms. The summed E-state index contributed by atoms with van der Waals surface area (Å²) in [4.78, 5) is 14.3. The summed E-state index contributed by atoms with van der Waals surface area (Å²) in [5.41, 5.74) is -0.0591. The minimum absolute atomic E-state index is 0.0591. The van der Waals surface area contributed by atoms with Gasteiger partial charge in [-0.2, -0.15) is 0 Å². The van der Waals surface area contributed by atoms with Crippen molar-refractivity contribution in [3.05, 3.63) is 0 Å². The van der Waals surface area contributed by atoms with Gasteiger partial charge in [0.1, 0.15) is 6.61 Å². The molecule has 4 nitrogen and oxygen atoms in total. The van der Waals surface area contributed by atoms with Gasteiger partial charge in [-0.25, -0.2) is 0 Å². The van der Waals surface area contributed by atoms with Crippen molar-refractivity contribution >= 4 is 5.91 Å². The lowest BCUT2D eigenvalue weighted by Crippen LogP contribution is -2.43. The molecule has 0 aliphatic carbocycles. The standard InChI is InChI=1S/C14H25NO3/c1-4-14(9-16)7-11-5-6-12(14)15(11)13(17)8-18-10(2)3/h10-12,16H,4-9H2,1-3H3/t11-,12+,14-/m0/s1. The van der Waals surface area contributed by atoms with Gasteiger partial charge in [0, 0.05) is 17.5 Å². The number of carbonyl (C=O) groups is 1. The molecule has 0 aromatic heterocycles. The first kappa shape index (κ1) is 13.8. The Morgan fingerprint density at radius 2 is 2.22 bits per heavy atom. The molecule has 4 heteroatoms. The number of amides is 1. The molecule has 2 rings (SSSR count). The first-order chi connectivity index (χ1) is 8.54. The molecule has 1 N–H and O–H groups in total. The van der Waals surface area contributed by atoms with E-state index in [-0.39, 0.29) is 36.7 Å². The zero-order chi connectivity index (χ0) is 13.3. The molecule has 2 fully saturated rings. The lowest BCUT2D eigenvalue weighted by atomic mass is 9.72. The first-order valence-electron chi connectivity index (χ1n) is 7.07. The van der Waals surface area contributed by atoms with Crippen LogP contribution in [-0.4, -0.2) is 47.3 Å². The molecular weight excluding hydrogens is 230 g/mol. The molecule has 0 aromatic carbocycles. The minimum atomic E-state index is -0.0591. The van der Waals surface area contributed by atoms with E-state index in [0.717, 1.165) is 25.7 Å². The van der Waals surface area contributed by atoms with Crippen LogP contribution in [0.15, 0.2) is 0 Å². The Hall–Kier alpha value is -0.610. The van der Waals surface area contributed by atoms with Crippen LogP contribution >= 0.6 is 0 Å². The van der Waals surface area contributed by atoms with Gasteiger partial charge in [-0.3, -0.25) is 4.79 Å². The zero-order valence-corrected chi connectivity index (χ0v) is 11.7. The maximum atomic E-state index is 12.2. The second kappa shape index (κ2) is 5.17. The summed E-state index contributed by atoms with van der Waals surface area (Å²) in [5, 5.41) is 9.69. The van der Waals surface area contributed by atoms with Crippen LogP contribution in [0, 0.1) is 5.41 Å². The summed E-state index contributed by atoms with van der Waals surface area (Å²) in [5.74, 6) is 0.0972. The van der Waals surface area contributed by atoms with Gasteiger partial charge in [0.2, 0.25) is 5.91 Å². The van der Waals surface area contributed by atoms with Crippen molar-refractivity contribution in [1.82, 2.24) is 4.90 Å². The Morgan fingerprint density at radius 3 is 2.72 bits per heavy atom. The van der Waals surface area contributed by atoms with Gasteiger partial charge in [0.05, 0.1) is 12.7 Å². The Bertz CT molecular complexity index is 312. The van der Waals surface area contributed by atoms with Crippen LogP contribution in [0.25, 0.3) is 0 Å². The monoisotopic (exact) mass is 255 g/mol. The highest BCUT2D eigenvalue weighted by Crippen LogP contribution is 2.51. The third-order valence-corrected chi connectivity index (χ3v) is 4.70. The van der Waals surface area contributed by atoms with E-state index in [1.807, 2.05) is 18.7 Å². The highest BCUT2D eigenvalue weighted by Gasteiger charge is 2.56. The Kier molecular flexibility index (Phi) is 3.97. The Labute approximate surface area is 109 Å². The van der Waals surface area contributed by atoms with Gasteiger partial charge in [-0.05, 0) is 39.5 Å². The number of aliphatic hydroxyl groups is 1. The van der Waals surface area contributed by atoms with Gasteiger partial charge in [-0.15, -0.1) is 0 Å². The molecule has 2 aliphatic rings. The fourth-order valence-electron chi connectivity index (χ4n) is 3.64. The fraction of sp³-hybridized carbons (Fsp3) is 0.929. The van der Waals surface area contributed by atoms with Crippen LogP contribution in [0.1, 0.15) is 46.5 Å². The summed E-state index contributed by atoms with van der Waals surface area (Å²) in [6.45, 7) is 6.37. The first-order valence-corrected chi connectivity index (χ1v) is 7.07. The normalized spacial score (nSPS) is 34.6. The third kappa shape index (κ3) is 2.16. The summed E-state index contributed by atoms with van der Waals surface area (Å²) in [6, 6.07) is 0.547. The van der Waals surface area contributed by atoms with Crippen LogP contribution in [0.4, 0.5) is 0 Å². The molecule has 0 unspecified atom stereocenters. The highest BCUT2D eigenvalue weighted by atomic mass is 16.5. The topological polar surface area (TPSA) is 49.8 Å². The zero-order valence-electron chi connectivity index (χ0n) is 11.7. The number of ether oxygens (including phenoxy) is 1. The molecule has 2 saturated heterocycles. The number of aliphatic hydroxyl groups excluding tert-OH is 1. The lowest BCUT2D eigenvalue weighted by molar-refractivity contribution is -0.139. The van der Waals surface area contributed by atoms with Crippen molar-refractivity contribution in [3.8, 4) is 0 Å². The second-order valence-electron chi connectivity index (χ2n) is 5.99. The maximum Gasteiger partial charge on any atom is 0.249 e. The van der Waals surface area contributed by atoms with Crippen LogP contribution in [0.3, 0.4) is 0 Å². The van der Waals surface area contributed by atoms with E-state index in [0.29, 0.717) is 6.04 Å². The smallest absolute Gasteiger partial charge is 0.249 e. The van der Waals surface area contributed by atoms with E-state index >= 15 is 0 Å². The van der Waals surface area contributed by atoms with Crippen LogP contribution in [0.5, 0.6) is 0 Å². The molecule has 0 spiro atoms. The van der Waals surface area contributed by atoms with E-state index in [1.54, 1.807) is 0 Å². The predicted octanol–water partition coefficient (Wildman–Crippen LogP) is 1.56. The molecule has 2 aliphatic heterocycles. The van der Waals surface area contributed by atoms with Gasteiger partial charge >= 0.3 is 0 Å². The van der Waals surface area contributed by atoms with Crippen molar-refractivity contribution in [2.24, 2.45) is 5.41 Å². The highest BCUT2D eigenvalue weighted by molar-refractivity contribution is 5.79. The number of nitrogens with zero attached hydrogens (tertiary/aromatic N) is 1. The molecule has 2 heterocycles.